The lowest BCUT2D eigenvalue weighted by Gasteiger charge is -2.34. The lowest BCUT2D eigenvalue weighted by molar-refractivity contribution is 0.214. The summed E-state index contributed by atoms with van der Waals surface area (Å²) >= 11 is 11.5. The summed E-state index contributed by atoms with van der Waals surface area (Å²) in [6.45, 7) is 5.90. The Kier molecular flexibility index (Phi) is 6.29. The number of halogens is 1. The zero-order valence-electron chi connectivity index (χ0n) is 14.5. The van der Waals surface area contributed by atoms with Crippen LogP contribution in [-0.2, 0) is 0 Å². The molecule has 0 aliphatic carbocycles. The third kappa shape index (κ3) is 4.93. The molecule has 2 N–H and O–H groups in total. The van der Waals surface area contributed by atoms with E-state index >= 15 is 0 Å². The molecule has 134 valence electrons. The van der Waals surface area contributed by atoms with Crippen LogP contribution in [0.25, 0.3) is 10.9 Å². The Bertz CT molecular complexity index is 730. The maximum Gasteiger partial charge on any atom is 0.169 e. The average Bonchev–Trinajstić information content (AvgIpc) is 2.61. The van der Waals surface area contributed by atoms with Crippen molar-refractivity contribution in [1.82, 2.24) is 20.1 Å². The van der Waals surface area contributed by atoms with Crippen LogP contribution in [0.5, 0.6) is 0 Å². The molecule has 0 unspecified atom stereocenters. The number of hydrogen-bond donors (Lipinski definition) is 2. The molecule has 1 saturated heterocycles. The molecule has 1 aliphatic heterocycles. The number of likely N-dealkylation sites (N-methyl/N-ethyl adjacent to an activating group) is 1. The normalized spacial score (nSPS) is 15.4. The lowest BCUT2D eigenvalue weighted by atomic mass is 10.2. The number of benzene rings is 1. The van der Waals surface area contributed by atoms with Crippen molar-refractivity contribution in [2.45, 2.75) is 6.42 Å². The summed E-state index contributed by atoms with van der Waals surface area (Å²) in [4.78, 5) is 8.95. The maximum atomic E-state index is 6.03. The van der Waals surface area contributed by atoms with Crippen molar-refractivity contribution < 1.29 is 0 Å². The van der Waals surface area contributed by atoms with Crippen LogP contribution in [0.4, 0.5) is 5.69 Å². The smallest absolute Gasteiger partial charge is 0.169 e. The summed E-state index contributed by atoms with van der Waals surface area (Å²) in [5.74, 6) is 0. The van der Waals surface area contributed by atoms with Crippen molar-refractivity contribution in [3.05, 3.63) is 35.5 Å². The van der Waals surface area contributed by atoms with E-state index in [-0.39, 0.29) is 0 Å². The molecule has 7 heteroatoms. The van der Waals surface area contributed by atoms with Gasteiger partial charge >= 0.3 is 0 Å². The Morgan fingerprint density at radius 3 is 2.80 bits per heavy atom. The number of piperazine rings is 1. The fraction of sp³-hybridized carbons (Fsp3) is 0.444. The topological polar surface area (TPSA) is 43.4 Å². The Balaban J connectivity index is 1.42. The zero-order valence-corrected chi connectivity index (χ0v) is 16.0. The van der Waals surface area contributed by atoms with Gasteiger partial charge in [0, 0.05) is 61.6 Å². The molecule has 5 nitrogen and oxygen atoms in total. The van der Waals surface area contributed by atoms with Crippen molar-refractivity contribution in [1.29, 1.82) is 0 Å². The van der Waals surface area contributed by atoms with Gasteiger partial charge in [-0.1, -0.05) is 11.6 Å². The summed E-state index contributed by atoms with van der Waals surface area (Å²) in [5.41, 5.74) is 2.00. The third-order valence-electron chi connectivity index (χ3n) is 4.44. The molecule has 1 aliphatic rings. The highest BCUT2D eigenvalue weighted by Crippen LogP contribution is 2.24. The molecule has 3 rings (SSSR count). The van der Waals surface area contributed by atoms with E-state index in [1.165, 1.54) is 0 Å². The van der Waals surface area contributed by atoms with Crippen LogP contribution in [0.3, 0.4) is 0 Å². The molecular weight excluding hydrogens is 354 g/mol. The van der Waals surface area contributed by atoms with E-state index in [9.17, 15) is 0 Å². The zero-order chi connectivity index (χ0) is 17.6. The van der Waals surface area contributed by atoms with Crippen molar-refractivity contribution in [3.63, 3.8) is 0 Å². The van der Waals surface area contributed by atoms with Crippen LogP contribution in [0.15, 0.2) is 30.5 Å². The van der Waals surface area contributed by atoms with E-state index in [0.29, 0.717) is 5.02 Å². The SMILES string of the molecule is CN1CCN(C(=S)NCCCNc2ccnc3cc(Cl)ccc23)CC1. The number of nitrogens with one attached hydrogen (secondary N) is 2. The monoisotopic (exact) mass is 377 g/mol. The van der Waals surface area contributed by atoms with Gasteiger partial charge in [0.2, 0.25) is 0 Å². The first kappa shape index (κ1) is 18.2. The number of pyridine rings is 1. The van der Waals surface area contributed by atoms with Gasteiger partial charge in [-0.25, -0.2) is 0 Å². The molecule has 0 saturated carbocycles. The second-order valence-corrected chi connectivity index (χ2v) is 7.15. The standard InChI is InChI=1S/C18H24ClN5S/c1-23-9-11-24(12-10-23)18(25)22-7-2-6-20-16-5-8-21-17-13-14(19)3-4-15(16)17/h3-5,8,13H,2,6-7,9-12H2,1H3,(H,20,21)(H,22,25). The van der Waals surface area contributed by atoms with E-state index in [0.717, 1.165) is 67.4 Å². The molecule has 0 bridgehead atoms. The van der Waals surface area contributed by atoms with E-state index in [4.69, 9.17) is 23.8 Å². The molecule has 0 spiro atoms. The van der Waals surface area contributed by atoms with E-state index in [1.807, 2.05) is 30.5 Å². The van der Waals surface area contributed by atoms with Crippen LogP contribution < -0.4 is 10.6 Å². The van der Waals surface area contributed by atoms with E-state index in [2.05, 4.69) is 32.5 Å². The van der Waals surface area contributed by atoms with Crippen LogP contribution in [-0.4, -0.2) is 66.2 Å². The minimum atomic E-state index is 0.707. The Morgan fingerprint density at radius 1 is 1.20 bits per heavy atom. The molecule has 0 radical (unpaired) electrons. The predicted molar refractivity (Wildman–Crippen MR) is 110 cm³/mol. The highest BCUT2D eigenvalue weighted by Gasteiger charge is 2.15. The first-order valence-electron chi connectivity index (χ1n) is 8.63. The van der Waals surface area contributed by atoms with Crippen LogP contribution in [0.1, 0.15) is 6.42 Å². The van der Waals surface area contributed by atoms with Gasteiger partial charge in [-0.2, -0.15) is 0 Å². The molecule has 1 aromatic heterocycles. The number of fused-ring (bicyclic) bond motifs is 1. The van der Waals surface area contributed by atoms with Crippen LogP contribution >= 0.6 is 23.8 Å². The van der Waals surface area contributed by atoms with Gasteiger partial charge in [-0.15, -0.1) is 0 Å². The molecule has 25 heavy (non-hydrogen) atoms. The quantitative estimate of drug-likeness (QED) is 0.617. The summed E-state index contributed by atoms with van der Waals surface area (Å²) in [6.07, 6.45) is 2.80. The summed E-state index contributed by atoms with van der Waals surface area (Å²) in [7, 11) is 2.15. The Labute approximate surface area is 159 Å². The number of anilines is 1. The molecule has 1 fully saturated rings. The average molecular weight is 378 g/mol. The lowest BCUT2D eigenvalue weighted by Crippen LogP contribution is -2.50. The highest BCUT2D eigenvalue weighted by atomic mass is 35.5. The number of aromatic nitrogens is 1. The second-order valence-electron chi connectivity index (χ2n) is 6.32. The first-order chi connectivity index (χ1) is 12.1. The second kappa shape index (κ2) is 8.65. The molecular formula is C18H24ClN5S. The predicted octanol–water partition coefficient (Wildman–Crippen LogP) is 2.81. The molecule has 1 aromatic carbocycles. The Morgan fingerprint density at radius 2 is 2.00 bits per heavy atom. The van der Waals surface area contributed by atoms with Gasteiger partial charge in [0.15, 0.2) is 5.11 Å². The highest BCUT2D eigenvalue weighted by molar-refractivity contribution is 7.80. The fourth-order valence-corrected chi connectivity index (χ4v) is 3.35. The fourth-order valence-electron chi connectivity index (χ4n) is 2.90. The molecule has 0 atom stereocenters. The molecule has 2 aromatic rings. The van der Waals surface area contributed by atoms with Gasteiger partial charge in [-0.3, -0.25) is 4.98 Å². The largest absolute Gasteiger partial charge is 0.384 e. The summed E-state index contributed by atoms with van der Waals surface area (Å²) < 4.78 is 0. The van der Waals surface area contributed by atoms with Gasteiger partial charge in [-0.05, 0) is 50.0 Å². The van der Waals surface area contributed by atoms with Gasteiger partial charge in [0.05, 0.1) is 5.52 Å². The number of nitrogens with zero attached hydrogens (tertiary/aromatic N) is 3. The van der Waals surface area contributed by atoms with Crippen molar-refractivity contribution in [3.8, 4) is 0 Å². The summed E-state index contributed by atoms with van der Waals surface area (Å²) in [5, 5.41) is 9.52. The van der Waals surface area contributed by atoms with Gasteiger partial charge < -0.3 is 20.4 Å². The first-order valence-corrected chi connectivity index (χ1v) is 9.41. The Hall–Kier alpha value is -1.63. The number of hydrogen-bond acceptors (Lipinski definition) is 4. The molecule has 2 heterocycles. The van der Waals surface area contributed by atoms with Crippen LogP contribution in [0, 0.1) is 0 Å². The number of rotatable bonds is 5. The van der Waals surface area contributed by atoms with E-state index < -0.39 is 0 Å². The van der Waals surface area contributed by atoms with Gasteiger partial charge in [0.1, 0.15) is 0 Å². The van der Waals surface area contributed by atoms with Crippen molar-refractivity contribution >= 4 is 45.5 Å². The van der Waals surface area contributed by atoms with Crippen molar-refractivity contribution in [2.24, 2.45) is 0 Å². The molecule has 0 amide bonds. The minimum Gasteiger partial charge on any atom is -0.384 e. The minimum absolute atomic E-state index is 0.707. The van der Waals surface area contributed by atoms with Crippen molar-refractivity contribution in [2.75, 3.05) is 51.6 Å². The number of thiocarbonyl (C=S) groups is 1. The maximum absolute atomic E-state index is 6.03. The van der Waals surface area contributed by atoms with Gasteiger partial charge in [0.25, 0.3) is 0 Å². The van der Waals surface area contributed by atoms with E-state index in [1.54, 1.807) is 0 Å². The third-order valence-corrected chi connectivity index (χ3v) is 5.08. The summed E-state index contributed by atoms with van der Waals surface area (Å²) in [6, 6.07) is 7.79. The van der Waals surface area contributed by atoms with Crippen LogP contribution in [0.2, 0.25) is 5.02 Å².